The summed E-state index contributed by atoms with van der Waals surface area (Å²) in [5.41, 5.74) is 0.444. The minimum Gasteiger partial charge on any atom is -0.393 e. The molecule has 0 fully saturated rings. The third-order valence-electron chi connectivity index (χ3n) is 2.32. The highest BCUT2D eigenvalue weighted by molar-refractivity contribution is 6.30. The molecule has 0 heterocycles. The van der Waals surface area contributed by atoms with Crippen molar-refractivity contribution in [1.82, 2.24) is 0 Å². The fraction of sp³-hybridized carbons (Fsp3) is 0.308. The van der Waals surface area contributed by atoms with Gasteiger partial charge in [-0.15, -0.1) is 0 Å². The quantitative estimate of drug-likeness (QED) is 0.804. The van der Waals surface area contributed by atoms with E-state index in [0.717, 1.165) is 0 Å². The molecule has 2 unspecified atom stereocenters. The van der Waals surface area contributed by atoms with Crippen LogP contribution in [0, 0.1) is 17.2 Å². The fourth-order valence-corrected chi connectivity index (χ4v) is 1.56. The van der Waals surface area contributed by atoms with Gasteiger partial charge in [0.05, 0.1) is 12.2 Å². The van der Waals surface area contributed by atoms with Crippen LogP contribution >= 0.6 is 11.6 Å². The van der Waals surface area contributed by atoms with Crippen molar-refractivity contribution in [3.05, 3.63) is 29.3 Å². The van der Waals surface area contributed by atoms with Gasteiger partial charge in [0.25, 0.3) is 0 Å². The SMILES string of the molecule is CC(O)CC(=O)C(C#N)C(=O)Nc1ccc(Cl)cc1. The van der Waals surface area contributed by atoms with E-state index in [9.17, 15) is 9.59 Å². The van der Waals surface area contributed by atoms with Gasteiger partial charge < -0.3 is 10.4 Å². The number of nitriles is 1. The molecule has 0 saturated carbocycles. The molecule has 2 N–H and O–H groups in total. The number of carbonyl (C=O) groups is 2. The lowest BCUT2D eigenvalue weighted by atomic mass is 10.00. The first-order valence-electron chi connectivity index (χ1n) is 5.61. The Morgan fingerprint density at radius 2 is 2.00 bits per heavy atom. The number of hydrogen-bond donors (Lipinski definition) is 2. The molecule has 1 rings (SSSR count). The van der Waals surface area contributed by atoms with E-state index >= 15 is 0 Å². The van der Waals surface area contributed by atoms with Gasteiger partial charge in [0.1, 0.15) is 0 Å². The van der Waals surface area contributed by atoms with Crippen LogP contribution in [0.5, 0.6) is 0 Å². The van der Waals surface area contributed by atoms with Gasteiger partial charge in [-0.05, 0) is 31.2 Å². The molecule has 1 aromatic rings. The van der Waals surface area contributed by atoms with Crippen molar-refractivity contribution >= 4 is 29.0 Å². The van der Waals surface area contributed by atoms with Gasteiger partial charge in [0.2, 0.25) is 5.91 Å². The smallest absolute Gasteiger partial charge is 0.249 e. The van der Waals surface area contributed by atoms with E-state index in [0.29, 0.717) is 10.7 Å². The third-order valence-corrected chi connectivity index (χ3v) is 2.57. The molecule has 1 amide bonds. The van der Waals surface area contributed by atoms with E-state index < -0.39 is 23.7 Å². The standard InChI is InChI=1S/C13H13ClN2O3/c1-8(17)6-12(18)11(7-15)13(19)16-10-4-2-9(14)3-5-10/h2-5,8,11,17H,6H2,1H3,(H,16,19). The molecule has 0 aliphatic rings. The molecule has 0 aliphatic carbocycles. The Bertz CT molecular complexity index is 506. The summed E-state index contributed by atoms with van der Waals surface area (Å²) in [7, 11) is 0. The Morgan fingerprint density at radius 3 is 2.47 bits per heavy atom. The normalized spacial score (nSPS) is 13.2. The van der Waals surface area contributed by atoms with Crippen LogP contribution in [-0.2, 0) is 9.59 Å². The lowest BCUT2D eigenvalue weighted by Crippen LogP contribution is -2.30. The number of carbonyl (C=O) groups excluding carboxylic acids is 2. The predicted molar refractivity (Wildman–Crippen MR) is 70.5 cm³/mol. The first-order chi connectivity index (χ1) is 8.93. The van der Waals surface area contributed by atoms with Gasteiger partial charge in [-0.2, -0.15) is 5.26 Å². The highest BCUT2D eigenvalue weighted by atomic mass is 35.5. The minimum atomic E-state index is -1.43. The Balaban J connectivity index is 2.72. The Hall–Kier alpha value is -1.90. The molecular formula is C13H13ClN2O3. The molecule has 0 saturated heterocycles. The van der Waals surface area contributed by atoms with E-state index in [-0.39, 0.29) is 6.42 Å². The number of nitrogens with one attached hydrogen (secondary N) is 1. The number of nitrogens with zero attached hydrogens (tertiary/aromatic N) is 1. The second-order valence-electron chi connectivity index (χ2n) is 4.08. The molecule has 19 heavy (non-hydrogen) atoms. The number of hydrogen-bond acceptors (Lipinski definition) is 4. The maximum Gasteiger partial charge on any atom is 0.249 e. The number of aliphatic hydroxyl groups excluding tert-OH is 1. The number of Topliss-reactive ketones (excluding diaryl/α,β-unsaturated/α-hetero) is 1. The molecule has 1 aromatic carbocycles. The zero-order chi connectivity index (χ0) is 14.4. The van der Waals surface area contributed by atoms with Crippen LogP contribution in [-0.4, -0.2) is 22.9 Å². The first kappa shape index (κ1) is 15.2. The van der Waals surface area contributed by atoms with Crippen molar-refractivity contribution in [3.8, 4) is 6.07 Å². The van der Waals surface area contributed by atoms with Gasteiger partial charge in [0.15, 0.2) is 11.7 Å². The van der Waals surface area contributed by atoms with Crippen LogP contribution in [0.2, 0.25) is 5.02 Å². The molecule has 2 atom stereocenters. The molecular weight excluding hydrogens is 268 g/mol. The number of ketones is 1. The van der Waals surface area contributed by atoms with Crippen molar-refractivity contribution in [3.63, 3.8) is 0 Å². The van der Waals surface area contributed by atoms with Crippen LogP contribution in [0.25, 0.3) is 0 Å². The second-order valence-corrected chi connectivity index (χ2v) is 4.51. The first-order valence-corrected chi connectivity index (χ1v) is 5.98. The van der Waals surface area contributed by atoms with E-state index in [2.05, 4.69) is 5.32 Å². The lowest BCUT2D eigenvalue weighted by Gasteiger charge is -2.10. The maximum atomic E-state index is 11.8. The van der Waals surface area contributed by atoms with Crippen LogP contribution in [0.4, 0.5) is 5.69 Å². The van der Waals surface area contributed by atoms with E-state index in [4.69, 9.17) is 22.0 Å². The highest BCUT2D eigenvalue weighted by Gasteiger charge is 2.27. The Kier molecular flexibility index (Phi) is 5.49. The summed E-state index contributed by atoms with van der Waals surface area (Å²) in [4.78, 5) is 23.4. The predicted octanol–water partition coefficient (Wildman–Crippen LogP) is 1.76. The van der Waals surface area contributed by atoms with Crippen molar-refractivity contribution in [2.24, 2.45) is 5.92 Å². The van der Waals surface area contributed by atoms with E-state index in [1.54, 1.807) is 30.3 Å². The largest absolute Gasteiger partial charge is 0.393 e. The summed E-state index contributed by atoms with van der Waals surface area (Å²) in [5, 5.41) is 20.9. The van der Waals surface area contributed by atoms with Crippen molar-refractivity contribution < 1.29 is 14.7 Å². The summed E-state index contributed by atoms with van der Waals surface area (Å²) in [6.07, 6.45) is -1.11. The van der Waals surface area contributed by atoms with Gasteiger partial charge >= 0.3 is 0 Å². The van der Waals surface area contributed by atoms with Gasteiger partial charge in [0, 0.05) is 17.1 Å². The van der Waals surface area contributed by atoms with Crippen LogP contribution in [0.15, 0.2) is 24.3 Å². The lowest BCUT2D eigenvalue weighted by molar-refractivity contribution is -0.129. The number of halogens is 1. The summed E-state index contributed by atoms with van der Waals surface area (Å²) in [6, 6.07) is 7.93. The topological polar surface area (TPSA) is 90.2 Å². The molecule has 0 aliphatic heterocycles. The Morgan fingerprint density at radius 1 is 1.42 bits per heavy atom. The molecule has 0 radical (unpaired) electrons. The summed E-state index contributed by atoms with van der Waals surface area (Å²) in [5.74, 6) is -2.75. The molecule has 6 heteroatoms. The number of benzene rings is 1. The second kappa shape index (κ2) is 6.88. The van der Waals surface area contributed by atoms with Crippen LogP contribution in [0.1, 0.15) is 13.3 Å². The number of amides is 1. The number of aliphatic hydroxyl groups is 1. The fourth-order valence-electron chi connectivity index (χ4n) is 1.43. The zero-order valence-corrected chi connectivity index (χ0v) is 11.0. The van der Waals surface area contributed by atoms with E-state index in [1.807, 2.05) is 0 Å². The van der Waals surface area contributed by atoms with Gasteiger partial charge in [-0.25, -0.2) is 0 Å². The van der Waals surface area contributed by atoms with Crippen LogP contribution < -0.4 is 5.32 Å². The molecule has 0 spiro atoms. The van der Waals surface area contributed by atoms with Crippen molar-refractivity contribution in [2.75, 3.05) is 5.32 Å². The minimum absolute atomic E-state index is 0.230. The molecule has 5 nitrogen and oxygen atoms in total. The summed E-state index contributed by atoms with van der Waals surface area (Å²) < 4.78 is 0. The summed E-state index contributed by atoms with van der Waals surface area (Å²) >= 11 is 5.70. The summed E-state index contributed by atoms with van der Waals surface area (Å²) in [6.45, 7) is 1.42. The number of anilines is 1. The Labute approximate surface area is 115 Å². The number of rotatable bonds is 5. The monoisotopic (exact) mass is 280 g/mol. The van der Waals surface area contributed by atoms with Crippen molar-refractivity contribution in [2.45, 2.75) is 19.4 Å². The molecule has 0 bridgehead atoms. The van der Waals surface area contributed by atoms with Gasteiger partial charge in [-0.1, -0.05) is 11.6 Å². The highest BCUT2D eigenvalue weighted by Crippen LogP contribution is 2.15. The average molecular weight is 281 g/mol. The zero-order valence-electron chi connectivity index (χ0n) is 10.3. The van der Waals surface area contributed by atoms with Gasteiger partial charge in [-0.3, -0.25) is 9.59 Å². The average Bonchev–Trinajstić information content (AvgIpc) is 2.32. The van der Waals surface area contributed by atoms with Crippen LogP contribution in [0.3, 0.4) is 0 Å². The molecule has 100 valence electrons. The van der Waals surface area contributed by atoms with Crippen molar-refractivity contribution in [1.29, 1.82) is 5.26 Å². The third kappa shape index (κ3) is 4.70. The van der Waals surface area contributed by atoms with E-state index in [1.165, 1.54) is 6.92 Å². The molecule has 0 aromatic heterocycles. The maximum absolute atomic E-state index is 11.8.